The molecule has 6 heteroatoms. The normalized spacial score (nSPS) is 10.3. The molecule has 0 aliphatic heterocycles. The van der Waals surface area contributed by atoms with Gasteiger partial charge in [-0.2, -0.15) is 10.2 Å². The molecule has 110 valence electrons. The second-order valence-electron chi connectivity index (χ2n) is 4.50. The minimum Gasteiger partial charge on any atom is -0.497 e. The van der Waals surface area contributed by atoms with Gasteiger partial charge < -0.3 is 10.1 Å². The van der Waals surface area contributed by atoms with Gasteiger partial charge in [0.25, 0.3) is 5.91 Å². The first-order valence-corrected chi connectivity index (χ1v) is 7.32. The van der Waals surface area contributed by atoms with E-state index in [0.717, 1.165) is 4.47 Å². The van der Waals surface area contributed by atoms with E-state index in [1.165, 1.54) is 0 Å². The third kappa shape index (κ3) is 3.58. The maximum Gasteiger partial charge on any atom is 0.257 e. The van der Waals surface area contributed by atoms with E-state index >= 15 is 0 Å². The smallest absolute Gasteiger partial charge is 0.257 e. The molecule has 0 saturated carbocycles. The van der Waals surface area contributed by atoms with Crippen LogP contribution >= 0.6 is 15.9 Å². The zero-order chi connectivity index (χ0) is 15.4. The number of anilines is 1. The van der Waals surface area contributed by atoms with Gasteiger partial charge in [-0.1, -0.05) is 6.92 Å². The number of aromatic nitrogens is 2. The van der Waals surface area contributed by atoms with Crippen LogP contribution in [0.25, 0.3) is 0 Å². The summed E-state index contributed by atoms with van der Waals surface area (Å²) in [7, 11) is 1.58. The number of amides is 1. The number of aryl methyl sites for hydroxylation is 2. The number of benzene rings is 1. The van der Waals surface area contributed by atoms with Crippen molar-refractivity contribution >= 4 is 27.5 Å². The zero-order valence-electron chi connectivity index (χ0n) is 12.1. The first kappa shape index (κ1) is 15.4. The topological polar surface area (TPSA) is 64.1 Å². The molecule has 0 saturated heterocycles. The summed E-state index contributed by atoms with van der Waals surface area (Å²) in [4.78, 5) is 12.5. The van der Waals surface area contributed by atoms with Crippen LogP contribution in [-0.2, 0) is 6.42 Å². The van der Waals surface area contributed by atoms with Crippen LogP contribution in [-0.4, -0.2) is 23.2 Å². The molecule has 0 bridgehead atoms. The van der Waals surface area contributed by atoms with Gasteiger partial charge >= 0.3 is 0 Å². The number of nitrogens with one attached hydrogen (secondary N) is 1. The molecule has 5 nitrogen and oxygen atoms in total. The maximum absolute atomic E-state index is 12.5. The number of nitrogens with zero attached hydrogens (tertiary/aromatic N) is 2. The van der Waals surface area contributed by atoms with Crippen molar-refractivity contribution in [1.29, 1.82) is 0 Å². The standard InChI is InChI=1S/C15H16BrN3O2/c1-4-13-11(7-9(2)18-19-13)15(20)17-14-8-10(21-3)5-6-12(14)16/h5-8H,4H2,1-3H3,(H,17,20). The highest BCUT2D eigenvalue weighted by Crippen LogP contribution is 2.27. The number of rotatable bonds is 4. The lowest BCUT2D eigenvalue weighted by molar-refractivity contribution is 0.102. The molecular formula is C15H16BrN3O2. The number of ether oxygens (including phenoxy) is 1. The summed E-state index contributed by atoms with van der Waals surface area (Å²) in [6, 6.07) is 7.14. The predicted molar refractivity (Wildman–Crippen MR) is 84.8 cm³/mol. The molecule has 2 aromatic rings. The Kier molecular flexibility index (Phi) is 4.90. The Morgan fingerprint density at radius 2 is 2.10 bits per heavy atom. The summed E-state index contributed by atoms with van der Waals surface area (Å²) in [6.45, 7) is 3.75. The van der Waals surface area contributed by atoms with Crippen LogP contribution in [0.15, 0.2) is 28.7 Å². The number of hydrogen-bond acceptors (Lipinski definition) is 4. The first-order chi connectivity index (χ1) is 10.0. The Hall–Kier alpha value is -1.95. The lowest BCUT2D eigenvalue weighted by atomic mass is 10.1. The number of hydrogen-bond donors (Lipinski definition) is 1. The molecule has 0 unspecified atom stereocenters. The lowest BCUT2D eigenvalue weighted by Crippen LogP contribution is -2.16. The predicted octanol–water partition coefficient (Wildman–Crippen LogP) is 3.37. The van der Waals surface area contributed by atoms with Crippen LogP contribution in [0.1, 0.15) is 28.7 Å². The molecule has 1 aromatic carbocycles. The molecule has 1 aromatic heterocycles. The van der Waals surface area contributed by atoms with Crippen LogP contribution in [0.5, 0.6) is 5.75 Å². The molecule has 1 amide bonds. The fraction of sp³-hybridized carbons (Fsp3) is 0.267. The third-order valence-electron chi connectivity index (χ3n) is 2.99. The molecule has 21 heavy (non-hydrogen) atoms. The van der Waals surface area contributed by atoms with Crippen LogP contribution in [0, 0.1) is 6.92 Å². The van der Waals surface area contributed by atoms with Gasteiger partial charge in [-0.05, 0) is 47.5 Å². The van der Waals surface area contributed by atoms with Crippen LogP contribution < -0.4 is 10.1 Å². The molecule has 0 atom stereocenters. The zero-order valence-corrected chi connectivity index (χ0v) is 13.7. The highest BCUT2D eigenvalue weighted by Gasteiger charge is 2.14. The summed E-state index contributed by atoms with van der Waals surface area (Å²) < 4.78 is 5.95. The van der Waals surface area contributed by atoms with E-state index < -0.39 is 0 Å². The van der Waals surface area contributed by atoms with E-state index in [-0.39, 0.29) is 5.91 Å². The fourth-order valence-electron chi connectivity index (χ4n) is 1.89. The Balaban J connectivity index is 2.32. The van der Waals surface area contributed by atoms with Crippen molar-refractivity contribution in [2.45, 2.75) is 20.3 Å². The lowest BCUT2D eigenvalue weighted by Gasteiger charge is -2.11. The van der Waals surface area contributed by atoms with Gasteiger partial charge in [-0.3, -0.25) is 4.79 Å². The summed E-state index contributed by atoms with van der Waals surface area (Å²) in [5, 5.41) is 10.9. The molecule has 0 aliphatic carbocycles. The van der Waals surface area contributed by atoms with Crippen LogP contribution in [0.2, 0.25) is 0 Å². The average Bonchev–Trinajstić information content (AvgIpc) is 2.49. The van der Waals surface area contributed by atoms with E-state index in [2.05, 4.69) is 31.4 Å². The Morgan fingerprint density at radius 3 is 2.76 bits per heavy atom. The molecule has 0 radical (unpaired) electrons. The van der Waals surface area contributed by atoms with Gasteiger partial charge in [-0.25, -0.2) is 0 Å². The quantitative estimate of drug-likeness (QED) is 0.918. The molecule has 1 heterocycles. The van der Waals surface area contributed by atoms with Gasteiger partial charge in [0.05, 0.1) is 29.7 Å². The molecule has 0 aliphatic rings. The fourth-order valence-corrected chi connectivity index (χ4v) is 2.23. The summed E-state index contributed by atoms with van der Waals surface area (Å²) in [5.74, 6) is 0.465. The van der Waals surface area contributed by atoms with Gasteiger partial charge in [0.15, 0.2) is 0 Å². The summed E-state index contributed by atoms with van der Waals surface area (Å²) in [5.41, 5.74) is 2.58. The van der Waals surface area contributed by atoms with Crippen molar-refractivity contribution in [3.63, 3.8) is 0 Å². The summed E-state index contributed by atoms with van der Waals surface area (Å²) in [6.07, 6.45) is 0.648. The number of methoxy groups -OCH3 is 1. The monoisotopic (exact) mass is 349 g/mol. The largest absolute Gasteiger partial charge is 0.497 e. The molecule has 1 N–H and O–H groups in total. The summed E-state index contributed by atoms with van der Waals surface area (Å²) >= 11 is 3.41. The molecule has 0 spiro atoms. The second-order valence-corrected chi connectivity index (χ2v) is 5.35. The molecule has 2 rings (SSSR count). The van der Waals surface area contributed by atoms with Crippen molar-refractivity contribution in [3.8, 4) is 5.75 Å². The van der Waals surface area contributed by atoms with E-state index in [9.17, 15) is 4.79 Å². The highest BCUT2D eigenvalue weighted by atomic mass is 79.9. The second kappa shape index (κ2) is 6.67. The first-order valence-electron chi connectivity index (χ1n) is 6.53. The van der Waals surface area contributed by atoms with Crippen molar-refractivity contribution in [2.24, 2.45) is 0 Å². The SMILES string of the molecule is CCc1nnc(C)cc1C(=O)Nc1cc(OC)ccc1Br. The third-order valence-corrected chi connectivity index (χ3v) is 3.69. The molecular weight excluding hydrogens is 334 g/mol. The van der Waals surface area contributed by atoms with Crippen molar-refractivity contribution < 1.29 is 9.53 Å². The molecule has 0 fully saturated rings. The Labute approximate surface area is 131 Å². The number of carbonyl (C=O) groups excluding carboxylic acids is 1. The van der Waals surface area contributed by atoms with Crippen molar-refractivity contribution in [2.75, 3.05) is 12.4 Å². The average molecular weight is 350 g/mol. The van der Waals surface area contributed by atoms with E-state index in [1.54, 1.807) is 19.2 Å². The van der Waals surface area contributed by atoms with Gasteiger partial charge in [0.1, 0.15) is 5.75 Å². The minimum atomic E-state index is -0.209. The number of halogens is 1. The van der Waals surface area contributed by atoms with Crippen LogP contribution in [0.4, 0.5) is 5.69 Å². The van der Waals surface area contributed by atoms with E-state index in [4.69, 9.17) is 4.74 Å². The maximum atomic E-state index is 12.5. The van der Waals surface area contributed by atoms with Gasteiger partial charge in [0, 0.05) is 10.5 Å². The van der Waals surface area contributed by atoms with E-state index in [0.29, 0.717) is 34.8 Å². The number of carbonyl (C=O) groups is 1. The van der Waals surface area contributed by atoms with Gasteiger partial charge in [0.2, 0.25) is 0 Å². The highest BCUT2D eigenvalue weighted by molar-refractivity contribution is 9.10. The van der Waals surface area contributed by atoms with Crippen molar-refractivity contribution in [1.82, 2.24) is 10.2 Å². The van der Waals surface area contributed by atoms with Gasteiger partial charge in [-0.15, -0.1) is 0 Å². The minimum absolute atomic E-state index is 0.209. The Morgan fingerprint density at radius 1 is 1.33 bits per heavy atom. The Bertz CT molecular complexity index is 674. The van der Waals surface area contributed by atoms with Crippen molar-refractivity contribution in [3.05, 3.63) is 45.7 Å². The van der Waals surface area contributed by atoms with Crippen LogP contribution in [0.3, 0.4) is 0 Å². The van der Waals surface area contributed by atoms with E-state index in [1.807, 2.05) is 26.0 Å².